The number of ether oxygens (including phenoxy) is 4. The molecule has 296 valence electrons. The fourth-order valence-electron chi connectivity index (χ4n) is 7.34. The summed E-state index contributed by atoms with van der Waals surface area (Å²) in [6.07, 6.45) is -2.52. The Bertz CT molecular complexity index is 1850. The molecule has 0 aliphatic carbocycles. The van der Waals surface area contributed by atoms with Gasteiger partial charge in [0.05, 0.1) is 38.6 Å². The van der Waals surface area contributed by atoms with Crippen LogP contribution >= 0.6 is 7.92 Å². The van der Waals surface area contributed by atoms with Crippen molar-refractivity contribution < 1.29 is 35.7 Å². The highest BCUT2D eigenvalue weighted by Gasteiger charge is 2.48. The van der Waals surface area contributed by atoms with Gasteiger partial charge >= 0.3 is 10.4 Å². The van der Waals surface area contributed by atoms with Gasteiger partial charge in [0.2, 0.25) is 0 Å². The molecule has 0 unspecified atom stereocenters. The quantitative estimate of drug-likeness (QED) is 0.109. The zero-order valence-electron chi connectivity index (χ0n) is 32.5. The number of rotatable bonds is 13. The van der Waals surface area contributed by atoms with Crippen molar-refractivity contribution in [2.75, 3.05) is 0 Å². The van der Waals surface area contributed by atoms with Crippen molar-refractivity contribution in [3.05, 3.63) is 174 Å². The van der Waals surface area contributed by atoms with Gasteiger partial charge in [-0.25, -0.2) is 8.37 Å². The summed E-state index contributed by atoms with van der Waals surface area (Å²) in [6, 6.07) is 51.1. The molecular formula is C46H53O8PS. The maximum Gasteiger partial charge on any atom is 0.400 e. The predicted octanol–water partition coefficient (Wildman–Crippen LogP) is 8.98. The molecule has 5 aromatic rings. The predicted molar refractivity (Wildman–Crippen MR) is 222 cm³/mol. The van der Waals surface area contributed by atoms with Gasteiger partial charge in [0.25, 0.3) is 0 Å². The largest absolute Gasteiger partial charge is 0.400 e. The second-order valence-corrected chi connectivity index (χ2v) is 18.4. The van der Waals surface area contributed by atoms with E-state index in [-0.39, 0.29) is 20.1 Å². The van der Waals surface area contributed by atoms with Gasteiger partial charge in [-0.3, -0.25) is 0 Å². The molecule has 2 aliphatic heterocycles. The molecule has 0 radical (unpaired) electrons. The molecule has 56 heavy (non-hydrogen) atoms. The van der Waals surface area contributed by atoms with Gasteiger partial charge < -0.3 is 18.9 Å². The molecule has 2 heterocycles. The van der Waals surface area contributed by atoms with Gasteiger partial charge in [-0.15, -0.1) is 0 Å². The summed E-state index contributed by atoms with van der Waals surface area (Å²) in [5.41, 5.74) is 5.29. The van der Waals surface area contributed by atoms with Crippen molar-refractivity contribution in [1.29, 1.82) is 0 Å². The maximum atomic E-state index is 12.0. The Balaban J connectivity index is 0.000000190. The molecular weight excluding hydrogens is 744 g/mol. The molecule has 2 saturated heterocycles. The van der Waals surface area contributed by atoms with Crippen LogP contribution in [0.2, 0.25) is 0 Å². The lowest BCUT2D eigenvalue weighted by molar-refractivity contribution is -0.135. The molecule has 0 amide bonds. The summed E-state index contributed by atoms with van der Waals surface area (Å²) in [4.78, 5) is 0. The van der Waals surface area contributed by atoms with E-state index in [4.69, 9.17) is 27.3 Å². The fraction of sp³-hybridized carbons (Fsp3) is 0.348. The molecule has 2 fully saturated rings. The van der Waals surface area contributed by atoms with Crippen LogP contribution in [0.1, 0.15) is 49.9 Å². The standard InChI is InChI=1S/C26H29O2P.C20H24O6S/c1-20-25(27-18-22-12-6-3-7-13-22)26(28-19-23-14-8-4-9-15-23)21(2)29(20)24-16-10-5-11-17-24;1-15-19(23-13-17-9-5-3-6-10-17)20(16(2)26-27(21,22)25-15)24-14-18-11-7-4-8-12-18/h3-17,20-21,25-26H,18-19H2,1-2H3;3-12,15-16,19-20H,13-14H2,1-2H3/t20-,21-,25+,26+;15-,16-,19-,20-/m01/s1. The van der Waals surface area contributed by atoms with Crippen molar-refractivity contribution in [3.63, 3.8) is 0 Å². The highest BCUT2D eigenvalue weighted by atomic mass is 32.3. The molecule has 8 nitrogen and oxygen atoms in total. The average Bonchev–Trinajstić information content (AvgIpc) is 3.41. The first kappa shape index (κ1) is 41.9. The molecule has 0 spiro atoms. The zero-order valence-corrected chi connectivity index (χ0v) is 34.2. The second-order valence-electron chi connectivity index (χ2n) is 14.3. The minimum absolute atomic E-state index is 0.0974. The number of hydrogen-bond donors (Lipinski definition) is 0. The summed E-state index contributed by atoms with van der Waals surface area (Å²) < 4.78 is 59.2. The molecule has 2 aliphatic rings. The van der Waals surface area contributed by atoms with E-state index in [1.165, 1.54) is 16.4 Å². The molecule has 0 aromatic heterocycles. The third kappa shape index (κ3) is 11.7. The Labute approximate surface area is 334 Å². The normalized spacial score (nSPS) is 27.1. The van der Waals surface area contributed by atoms with Crippen LogP contribution in [0.3, 0.4) is 0 Å². The Morgan fingerprint density at radius 2 is 0.696 bits per heavy atom. The van der Waals surface area contributed by atoms with Crippen LogP contribution in [0.15, 0.2) is 152 Å². The van der Waals surface area contributed by atoms with Crippen molar-refractivity contribution in [2.24, 2.45) is 0 Å². The minimum Gasteiger partial charge on any atom is -0.370 e. The topological polar surface area (TPSA) is 89.5 Å². The van der Waals surface area contributed by atoms with E-state index in [9.17, 15) is 8.42 Å². The van der Waals surface area contributed by atoms with E-state index in [2.05, 4.69) is 92.7 Å². The van der Waals surface area contributed by atoms with Crippen LogP contribution < -0.4 is 5.30 Å². The van der Waals surface area contributed by atoms with E-state index in [1.807, 2.05) is 72.8 Å². The summed E-state index contributed by atoms with van der Waals surface area (Å²) >= 11 is 0. The molecule has 8 atom stereocenters. The minimum atomic E-state index is -4.11. The summed E-state index contributed by atoms with van der Waals surface area (Å²) in [5, 5.41) is 1.45. The summed E-state index contributed by atoms with van der Waals surface area (Å²) in [6.45, 7) is 9.88. The van der Waals surface area contributed by atoms with E-state index in [0.717, 1.165) is 11.1 Å². The Morgan fingerprint density at radius 3 is 1.00 bits per heavy atom. The van der Waals surface area contributed by atoms with E-state index >= 15 is 0 Å². The lowest BCUT2D eigenvalue weighted by Gasteiger charge is -2.30. The summed E-state index contributed by atoms with van der Waals surface area (Å²) in [5.74, 6) is 0. The lowest BCUT2D eigenvalue weighted by atomic mass is 10.0. The first-order chi connectivity index (χ1) is 27.2. The fourth-order valence-corrected chi connectivity index (χ4v) is 11.7. The van der Waals surface area contributed by atoms with E-state index in [0.29, 0.717) is 37.7 Å². The van der Waals surface area contributed by atoms with Crippen molar-refractivity contribution >= 4 is 23.6 Å². The van der Waals surface area contributed by atoms with E-state index in [1.54, 1.807) is 13.8 Å². The van der Waals surface area contributed by atoms with Gasteiger partial charge in [-0.05, 0) is 41.4 Å². The zero-order chi connectivity index (χ0) is 39.3. The van der Waals surface area contributed by atoms with Crippen LogP contribution in [0.5, 0.6) is 0 Å². The number of benzene rings is 5. The Kier molecular flexibility index (Phi) is 15.4. The van der Waals surface area contributed by atoms with E-state index < -0.39 is 34.8 Å². The third-order valence-corrected chi connectivity index (χ3v) is 14.5. The van der Waals surface area contributed by atoms with Crippen LogP contribution in [-0.2, 0) is 64.1 Å². The Hall–Kier alpha value is -3.76. The molecule has 7 rings (SSSR count). The van der Waals surface area contributed by atoms with Gasteiger partial charge in [0.15, 0.2) is 0 Å². The van der Waals surface area contributed by atoms with Crippen LogP contribution in [0.25, 0.3) is 0 Å². The maximum absolute atomic E-state index is 12.0. The van der Waals surface area contributed by atoms with Gasteiger partial charge in [-0.1, -0.05) is 173 Å². The SMILES string of the molecule is C[C@H]1OS(=O)(=O)O[C@H](C)[C@@H](OCc2ccccc2)[C@@H]1OCc1ccccc1.C[C@H]1[C@@H](OCc2ccccc2)[C@H](OCc2ccccc2)[C@H](C)P1c1ccccc1. The van der Waals surface area contributed by atoms with Gasteiger partial charge in [0.1, 0.15) is 24.4 Å². The van der Waals surface area contributed by atoms with Crippen LogP contribution in [0.4, 0.5) is 0 Å². The smallest absolute Gasteiger partial charge is 0.370 e. The van der Waals surface area contributed by atoms with Crippen molar-refractivity contribution in [1.82, 2.24) is 0 Å². The highest BCUT2D eigenvalue weighted by Crippen LogP contribution is 2.56. The monoisotopic (exact) mass is 796 g/mol. The number of hydrogen-bond acceptors (Lipinski definition) is 8. The van der Waals surface area contributed by atoms with Crippen molar-refractivity contribution in [3.8, 4) is 0 Å². The molecule has 0 saturated carbocycles. The Morgan fingerprint density at radius 1 is 0.429 bits per heavy atom. The third-order valence-electron chi connectivity index (χ3n) is 10.1. The first-order valence-electron chi connectivity index (χ1n) is 19.3. The second kappa shape index (κ2) is 20.6. The lowest BCUT2D eigenvalue weighted by Crippen LogP contribution is -2.44. The molecule has 0 bridgehead atoms. The van der Waals surface area contributed by atoms with Gasteiger partial charge in [0, 0.05) is 11.3 Å². The van der Waals surface area contributed by atoms with Crippen LogP contribution in [-0.4, -0.2) is 56.4 Å². The molecule has 0 N–H and O–H groups in total. The van der Waals surface area contributed by atoms with Crippen LogP contribution in [0, 0.1) is 0 Å². The molecule has 5 aromatic carbocycles. The van der Waals surface area contributed by atoms with Crippen molar-refractivity contribution in [2.45, 2.75) is 102 Å². The highest BCUT2D eigenvalue weighted by molar-refractivity contribution is 7.81. The molecule has 10 heteroatoms. The first-order valence-corrected chi connectivity index (χ1v) is 22.1. The van der Waals surface area contributed by atoms with Gasteiger partial charge in [-0.2, -0.15) is 8.42 Å². The average molecular weight is 797 g/mol. The summed E-state index contributed by atoms with van der Waals surface area (Å²) in [7, 11) is -4.46.